The first kappa shape index (κ1) is 22.3. The van der Waals surface area contributed by atoms with E-state index in [4.69, 9.17) is 23.2 Å². The van der Waals surface area contributed by atoms with Crippen LogP contribution in [0.3, 0.4) is 0 Å². The molecule has 1 N–H and O–H groups in total. The van der Waals surface area contributed by atoms with Crippen molar-refractivity contribution in [2.24, 2.45) is 0 Å². The lowest BCUT2D eigenvalue weighted by Gasteiger charge is -2.31. The van der Waals surface area contributed by atoms with Gasteiger partial charge in [0.25, 0.3) is 0 Å². The Hall–Kier alpha value is -2.04. The van der Waals surface area contributed by atoms with Gasteiger partial charge in [0, 0.05) is 22.1 Å². The van der Waals surface area contributed by atoms with Crippen LogP contribution in [0.25, 0.3) is 0 Å². The molecule has 0 spiro atoms. The molecular formula is C22H26Cl2N2O2. The van der Waals surface area contributed by atoms with Gasteiger partial charge in [0.15, 0.2) is 0 Å². The fourth-order valence-electron chi connectivity index (χ4n) is 2.77. The number of hydrogen-bond acceptors (Lipinski definition) is 2. The number of amides is 2. The Bertz CT molecular complexity index is 832. The summed E-state index contributed by atoms with van der Waals surface area (Å²) in [5, 5.41) is 3.90. The van der Waals surface area contributed by atoms with Gasteiger partial charge in [-0.3, -0.25) is 9.59 Å². The molecule has 0 aliphatic carbocycles. The highest BCUT2D eigenvalue weighted by molar-refractivity contribution is 6.35. The molecular weight excluding hydrogens is 395 g/mol. The fourth-order valence-corrected chi connectivity index (χ4v) is 3.24. The van der Waals surface area contributed by atoms with Crippen LogP contribution in [-0.4, -0.2) is 28.3 Å². The minimum atomic E-state index is -0.627. The molecule has 0 unspecified atom stereocenters. The van der Waals surface area contributed by atoms with Gasteiger partial charge in [0.05, 0.1) is 6.42 Å². The maximum absolute atomic E-state index is 13.1. The normalized spacial score (nSPS) is 12.4. The summed E-state index contributed by atoms with van der Waals surface area (Å²) in [7, 11) is 0. The Morgan fingerprint density at radius 2 is 1.71 bits per heavy atom. The van der Waals surface area contributed by atoms with E-state index in [-0.39, 0.29) is 23.8 Å². The lowest BCUT2D eigenvalue weighted by molar-refractivity contribution is -0.140. The van der Waals surface area contributed by atoms with Gasteiger partial charge in [0.1, 0.15) is 6.04 Å². The molecule has 0 saturated heterocycles. The molecule has 2 rings (SSSR count). The van der Waals surface area contributed by atoms with Gasteiger partial charge >= 0.3 is 0 Å². The first-order valence-electron chi connectivity index (χ1n) is 9.16. The Morgan fingerprint density at radius 1 is 1.07 bits per heavy atom. The minimum absolute atomic E-state index is 0.0932. The van der Waals surface area contributed by atoms with Gasteiger partial charge in [-0.05, 0) is 51.0 Å². The first-order valence-corrected chi connectivity index (χ1v) is 9.92. The molecule has 1 atom stereocenters. The van der Waals surface area contributed by atoms with E-state index >= 15 is 0 Å². The van der Waals surface area contributed by atoms with Crippen molar-refractivity contribution < 1.29 is 9.59 Å². The Kier molecular flexibility index (Phi) is 7.50. The van der Waals surface area contributed by atoms with Crippen molar-refractivity contribution in [3.8, 4) is 0 Å². The summed E-state index contributed by atoms with van der Waals surface area (Å²) >= 11 is 12.2. The maximum atomic E-state index is 13.1. The lowest BCUT2D eigenvalue weighted by atomic mass is 10.1. The molecule has 2 amide bonds. The number of benzene rings is 2. The average molecular weight is 421 g/mol. The van der Waals surface area contributed by atoms with Crippen molar-refractivity contribution in [3.05, 3.63) is 69.7 Å². The summed E-state index contributed by atoms with van der Waals surface area (Å²) in [6.45, 7) is 7.81. The van der Waals surface area contributed by atoms with E-state index in [9.17, 15) is 9.59 Å². The second kappa shape index (κ2) is 9.44. The molecule has 0 fully saturated rings. The number of hydrogen-bond donors (Lipinski definition) is 1. The Morgan fingerprint density at radius 3 is 2.29 bits per heavy atom. The molecule has 0 aliphatic heterocycles. The van der Waals surface area contributed by atoms with Gasteiger partial charge in [-0.15, -0.1) is 0 Å². The first-order chi connectivity index (χ1) is 13.1. The molecule has 2 aromatic rings. The highest BCUT2D eigenvalue weighted by Crippen LogP contribution is 2.22. The van der Waals surface area contributed by atoms with Gasteiger partial charge < -0.3 is 10.2 Å². The van der Waals surface area contributed by atoms with Crippen molar-refractivity contribution in [1.29, 1.82) is 0 Å². The summed E-state index contributed by atoms with van der Waals surface area (Å²) in [6.07, 6.45) is 0.0932. The van der Waals surface area contributed by atoms with Crippen LogP contribution < -0.4 is 5.32 Å². The number of carbonyl (C=O) groups is 2. The largest absolute Gasteiger partial charge is 0.350 e. The number of carbonyl (C=O) groups excluding carboxylic acids is 2. The molecule has 28 heavy (non-hydrogen) atoms. The standard InChI is InChI=1S/C22H26Cl2N2O2/c1-15(21(28)25-22(2,3)4)26(14-16-8-6-5-7-9-16)20(27)12-17-10-11-18(23)13-19(17)24/h5-11,13,15H,12,14H2,1-4H3,(H,25,28)/t15-/m0/s1. The molecule has 6 heteroatoms. The zero-order valence-corrected chi connectivity index (χ0v) is 18.1. The summed E-state index contributed by atoms with van der Waals surface area (Å²) in [5.74, 6) is -0.372. The molecule has 150 valence electrons. The SMILES string of the molecule is C[C@@H](C(=O)NC(C)(C)C)N(Cc1ccccc1)C(=O)Cc1ccc(Cl)cc1Cl. The van der Waals surface area contributed by atoms with Crippen molar-refractivity contribution in [3.63, 3.8) is 0 Å². The summed E-state index contributed by atoms with van der Waals surface area (Å²) in [5.41, 5.74) is 1.25. The Labute approximate surface area is 176 Å². The molecule has 0 radical (unpaired) electrons. The van der Waals surface area contributed by atoms with Crippen molar-refractivity contribution in [2.75, 3.05) is 0 Å². The molecule has 0 bridgehead atoms. The summed E-state index contributed by atoms with van der Waals surface area (Å²) in [6, 6.07) is 14.0. The predicted octanol–water partition coefficient (Wildman–Crippen LogP) is 4.87. The van der Waals surface area contributed by atoms with Gasteiger partial charge in [-0.2, -0.15) is 0 Å². The Balaban J connectivity index is 2.25. The molecule has 0 aliphatic rings. The van der Waals surface area contributed by atoms with Crippen molar-refractivity contribution in [2.45, 2.75) is 52.2 Å². The molecule has 0 heterocycles. The molecule has 4 nitrogen and oxygen atoms in total. The third-order valence-electron chi connectivity index (χ3n) is 4.22. The van der Waals surface area contributed by atoms with Crippen LogP contribution in [0.15, 0.2) is 48.5 Å². The minimum Gasteiger partial charge on any atom is -0.350 e. The second-order valence-corrected chi connectivity index (χ2v) is 8.68. The van der Waals surface area contributed by atoms with E-state index in [1.807, 2.05) is 51.1 Å². The second-order valence-electron chi connectivity index (χ2n) is 7.83. The van der Waals surface area contributed by atoms with E-state index in [0.717, 1.165) is 5.56 Å². The molecule has 2 aromatic carbocycles. The number of nitrogens with one attached hydrogen (secondary N) is 1. The van der Waals surface area contributed by atoms with Gasteiger partial charge in [0.2, 0.25) is 11.8 Å². The van der Waals surface area contributed by atoms with Crippen LogP contribution >= 0.6 is 23.2 Å². The van der Waals surface area contributed by atoms with Crippen LogP contribution in [-0.2, 0) is 22.6 Å². The number of rotatable bonds is 6. The van der Waals surface area contributed by atoms with E-state index in [1.165, 1.54) is 0 Å². The molecule has 0 aromatic heterocycles. The van der Waals surface area contributed by atoms with E-state index < -0.39 is 6.04 Å². The van der Waals surface area contributed by atoms with Crippen molar-refractivity contribution >= 4 is 35.0 Å². The predicted molar refractivity (Wildman–Crippen MR) is 115 cm³/mol. The topological polar surface area (TPSA) is 49.4 Å². The average Bonchev–Trinajstić information content (AvgIpc) is 2.61. The van der Waals surface area contributed by atoms with Crippen LogP contribution in [0.2, 0.25) is 10.0 Å². The van der Waals surface area contributed by atoms with Crippen LogP contribution in [0.5, 0.6) is 0 Å². The highest BCUT2D eigenvalue weighted by Gasteiger charge is 2.28. The number of halogens is 2. The zero-order valence-electron chi connectivity index (χ0n) is 16.6. The molecule has 0 saturated carbocycles. The quantitative estimate of drug-likeness (QED) is 0.724. The van der Waals surface area contributed by atoms with Gasteiger partial charge in [-0.1, -0.05) is 59.6 Å². The number of nitrogens with zero attached hydrogens (tertiary/aromatic N) is 1. The highest BCUT2D eigenvalue weighted by atomic mass is 35.5. The van der Waals surface area contributed by atoms with Gasteiger partial charge in [-0.25, -0.2) is 0 Å². The summed E-state index contributed by atoms with van der Waals surface area (Å²) in [4.78, 5) is 27.4. The fraction of sp³-hybridized carbons (Fsp3) is 0.364. The third-order valence-corrected chi connectivity index (χ3v) is 4.80. The van der Waals surface area contributed by atoms with Crippen LogP contribution in [0.1, 0.15) is 38.8 Å². The van der Waals surface area contributed by atoms with Crippen LogP contribution in [0, 0.1) is 0 Å². The summed E-state index contributed by atoms with van der Waals surface area (Å²) < 4.78 is 0. The van der Waals surface area contributed by atoms with Crippen LogP contribution in [0.4, 0.5) is 0 Å². The lowest BCUT2D eigenvalue weighted by Crippen LogP contribution is -2.52. The smallest absolute Gasteiger partial charge is 0.242 e. The third kappa shape index (κ3) is 6.54. The monoisotopic (exact) mass is 420 g/mol. The maximum Gasteiger partial charge on any atom is 0.242 e. The zero-order chi connectivity index (χ0) is 20.9. The van der Waals surface area contributed by atoms with E-state index in [2.05, 4.69) is 5.32 Å². The van der Waals surface area contributed by atoms with E-state index in [0.29, 0.717) is 22.2 Å². The van der Waals surface area contributed by atoms with E-state index in [1.54, 1.807) is 30.0 Å². The van der Waals surface area contributed by atoms with Crippen molar-refractivity contribution in [1.82, 2.24) is 10.2 Å².